The van der Waals surface area contributed by atoms with E-state index in [4.69, 9.17) is 4.74 Å². The monoisotopic (exact) mass is 299 g/mol. The van der Waals surface area contributed by atoms with Gasteiger partial charge in [-0.25, -0.2) is 0 Å². The Morgan fingerprint density at radius 3 is 2.59 bits per heavy atom. The molecule has 1 saturated heterocycles. The molecule has 1 aromatic carbocycles. The van der Waals surface area contributed by atoms with E-state index in [1.54, 1.807) is 0 Å². The molecule has 2 aliphatic rings. The molecule has 2 heteroatoms. The second kappa shape index (κ2) is 8.38. The molecule has 0 radical (unpaired) electrons. The van der Waals surface area contributed by atoms with Crippen LogP contribution >= 0.6 is 0 Å². The molecule has 1 aliphatic carbocycles. The Bertz CT molecular complexity index is 470. The third-order valence-electron chi connectivity index (χ3n) is 4.98. The molecule has 3 rings (SSSR count). The van der Waals surface area contributed by atoms with E-state index in [-0.39, 0.29) is 0 Å². The molecule has 2 nitrogen and oxygen atoms in total. The van der Waals surface area contributed by atoms with Crippen LogP contribution in [0.5, 0.6) is 5.75 Å². The predicted molar refractivity (Wildman–Crippen MR) is 93.2 cm³/mol. The first-order valence-electron chi connectivity index (χ1n) is 9.04. The van der Waals surface area contributed by atoms with Gasteiger partial charge in [-0.05, 0) is 50.8 Å². The number of likely N-dealkylation sites (tertiary alicyclic amines) is 1. The standard InChI is InChI=1S/C20H29NO/c1-2-8-18(9-3-1)12-13-19-10-4-5-11-20(19)22-17-16-21-14-6-7-15-21/h4-5,10-13,18H,1-3,6-9,14-17H2/b13-12+. The van der Waals surface area contributed by atoms with Crippen molar-refractivity contribution in [2.45, 2.75) is 44.9 Å². The molecular formula is C20H29NO. The van der Waals surface area contributed by atoms with Crippen LogP contribution in [0.1, 0.15) is 50.5 Å². The highest BCUT2D eigenvalue weighted by Gasteiger charge is 2.12. The molecule has 1 heterocycles. The first-order valence-corrected chi connectivity index (χ1v) is 9.04. The van der Waals surface area contributed by atoms with Gasteiger partial charge in [-0.2, -0.15) is 0 Å². The average Bonchev–Trinajstić information content (AvgIpc) is 3.08. The van der Waals surface area contributed by atoms with Gasteiger partial charge in [0.15, 0.2) is 0 Å². The molecule has 0 N–H and O–H groups in total. The van der Waals surface area contributed by atoms with Crippen LogP contribution in [-0.2, 0) is 0 Å². The first kappa shape index (κ1) is 15.6. The summed E-state index contributed by atoms with van der Waals surface area (Å²) in [6.45, 7) is 4.34. The van der Waals surface area contributed by atoms with E-state index in [9.17, 15) is 0 Å². The van der Waals surface area contributed by atoms with Gasteiger partial charge < -0.3 is 4.74 Å². The van der Waals surface area contributed by atoms with E-state index in [1.807, 2.05) is 0 Å². The summed E-state index contributed by atoms with van der Waals surface area (Å²) in [4.78, 5) is 2.50. The summed E-state index contributed by atoms with van der Waals surface area (Å²) in [5.74, 6) is 1.81. The molecule has 120 valence electrons. The van der Waals surface area contributed by atoms with Crippen LogP contribution in [0.15, 0.2) is 30.3 Å². The van der Waals surface area contributed by atoms with Gasteiger partial charge in [0.1, 0.15) is 12.4 Å². The second-order valence-electron chi connectivity index (χ2n) is 6.69. The lowest BCUT2D eigenvalue weighted by molar-refractivity contribution is 0.237. The van der Waals surface area contributed by atoms with Crippen LogP contribution in [0, 0.1) is 5.92 Å². The van der Waals surface area contributed by atoms with Crippen molar-refractivity contribution in [2.75, 3.05) is 26.2 Å². The van der Waals surface area contributed by atoms with Crippen LogP contribution in [0.3, 0.4) is 0 Å². The normalized spacial score (nSPS) is 20.7. The second-order valence-corrected chi connectivity index (χ2v) is 6.69. The Labute approximate surface area is 135 Å². The maximum absolute atomic E-state index is 6.05. The van der Waals surface area contributed by atoms with Crippen LogP contribution in [0.2, 0.25) is 0 Å². The third kappa shape index (κ3) is 4.61. The summed E-state index contributed by atoms with van der Waals surface area (Å²) >= 11 is 0. The summed E-state index contributed by atoms with van der Waals surface area (Å²) in [6, 6.07) is 8.45. The Hall–Kier alpha value is -1.28. The maximum atomic E-state index is 6.05. The molecule has 0 spiro atoms. The van der Waals surface area contributed by atoms with Crippen LogP contribution in [0.4, 0.5) is 0 Å². The SMILES string of the molecule is C(=C\C1CCCCC1)/c1ccccc1OCCN1CCCC1. The molecule has 2 fully saturated rings. The maximum Gasteiger partial charge on any atom is 0.126 e. The Balaban J connectivity index is 1.53. The zero-order chi connectivity index (χ0) is 15.0. The summed E-state index contributed by atoms with van der Waals surface area (Å²) in [5, 5.41) is 0. The van der Waals surface area contributed by atoms with Crippen LogP contribution in [-0.4, -0.2) is 31.1 Å². The average molecular weight is 299 g/mol. The molecule has 1 saturated carbocycles. The highest BCUT2D eigenvalue weighted by atomic mass is 16.5. The number of hydrogen-bond acceptors (Lipinski definition) is 2. The topological polar surface area (TPSA) is 12.5 Å². The molecule has 0 amide bonds. The van der Waals surface area contributed by atoms with Crippen molar-refractivity contribution in [2.24, 2.45) is 5.92 Å². The number of ether oxygens (including phenoxy) is 1. The van der Waals surface area contributed by atoms with Gasteiger partial charge >= 0.3 is 0 Å². The quantitative estimate of drug-likeness (QED) is 0.751. The third-order valence-corrected chi connectivity index (χ3v) is 4.98. The highest BCUT2D eigenvalue weighted by molar-refractivity contribution is 5.57. The van der Waals surface area contributed by atoms with Crippen molar-refractivity contribution in [3.63, 3.8) is 0 Å². The number of para-hydroxylation sites is 1. The smallest absolute Gasteiger partial charge is 0.126 e. The van der Waals surface area contributed by atoms with Crippen molar-refractivity contribution in [3.8, 4) is 5.75 Å². The zero-order valence-corrected chi connectivity index (χ0v) is 13.7. The zero-order valence-electron chi connectivity index (χ0n) is 13.7. The molecule has 0 atom stereocenters. The van der Waals surface area contributed by atoms with E-state index >= 15 is 0 Å². The molecular weight excluding hydrogens is 270 g/mol. The molecule has 0 unspecified atom stereocenters. The van der Waals surface area contributed by atoms with E-state index in [1.165, 1.54) is 63.6 Å². The van der Waals surface area contributed by atoms with Crippen molar-refractivity contribution in [1.82, 2.24) is 4.90 Å². The Morgan fingerprint density at radius 2 is 1.77 bits per heavy atom. The Morgan fingerprint density at radius 1 is 1.00 bits per heavy atom. The van der Waals surface area contributed by atoms with E-state index in [0.29, 0.717) is 0 Å². The Kier molecular flexibility index (Phi) is 5.94. The van der Waals surface area contributed by atoms with Crippen molar-refractivity contribution >= 4 is 6.08 Å². The molecule has 1 aromatic rings. The number of rotatable bonds is 6. The van der Waals surface area contributed by atoms with Gasteiger partial charge in [0.05, 0.1) is 0 Å². The summed E-state index contributed by atoms with van der Waals surface area (Å²) in [5.41, 5.74) is 1.23. The number of hydrogen-bond donors (Lipinski definition) is 0. The molecule has 0 aromatic heterocycles. The minimum absolute atomic E-state index is 0.770. The molecule has 0 bridgehead atoms. The van der Waals surface area contributed by atoms with Gasteiger partial charge in [-0.15, -0.1) is 0 Å². The largest absolute Gasteiger partial charge is 0.492 e. The van der Waals surface area contributed by atoms with Crippen molar-refractivity contribution in [3.05, 3.63) is 35.9 Å². The van der Waals surface area contributed by atoms with Gasteiger partial charge in [0, 0.05) is 12.1 Å². The fourth-order valence-electron chi connectivity index (χ4n) is 3.61. The van der Waals surface area contributed by atoms with E-state index in [0.717, 1.165) is 24.8 Å². The lowest BCUT2D eigenvalue weighted by atomic mass is 9.89. The van der Waals surface area contributed by atoms with E-state index < -0.39 is 0 Å². The number of allylic oxidation sites excluding steroid dienone is 1. The lowest BCUT2D eigenvalue weighted by Crippen LogP contribution is -2.25. The number of nitrogens with zero attached hydrogens (tertiary/aromatic N) is 1. The first-order chi connectivity index (χ1) is 10.9. The van der Waals surface area contributed by atoms with Crippen LogP contribution in [0.25, 0.3) is 6.08 Å². The minimum Gasteiger partial charge on any atom is -0.492 e. The van der Waals surface area contributed by atoms with Gasteiger partial charge in [0.2, 0.25) is 0 Å². The van der Waals surface area contributed by atoms with Crippen molar-refractivity contribution < 1.29 is 4.74 Å². The summed E-state index contributed by atoms with van der Waals surface area (Å²) < 4.78 is 6.05. The summed E-state index contributed by atoms with van der Waals surface area (Å²) in [6.07, 6.45) is 14.3. The predicted octanol–water partition coefficient (Wildman–Crippen LogP) is 4.75. The van der Waals surface area contributed by atoms with E-state index in [2.05, 4.69) is 41.3 Å². The van der Waals surface area contributed by atoms with Crippen LogP contribution < -0.4 is 4.74 Å². The number of benzene rings is 1. The highest BCUT2D eigenvalue weighted by Crippen LogP contribution is 2.27. The molecule has 1 aliphatic heterocycles. The fourth-order valence-corrected chi connectivity index (χ4v) is 3.61. The van der Waals surface area contributed by atoms with Gasteiger partial charge in [-0.3, -0.25) is 4.90 Å². The summed E-state index contributed by atoms with van der Waals surface area (Å²) in [7, 11) is 0. The van der Waals surface area contributed by atoms with Gasteiger partial charge in [0.25, 0.3) is 0 Å². The van der Waals surface area contributed by atoms with Gasteiger partial charge in [-0.1, -0.05) is 49.6 Å². The van der Waals surface area contributed by atoms with Crippen molar-refractivity contribution in [1.29, 1.82) is 0 Å². The lowest BCUT2D eigenvalue weighted by Gasteiger charge is -2.18. The fraction of sp³-hybridized carbons (Fsp3) is 0.600. The molecule has 22 heavy (non-hydrogen) atoms. The minimum atomic E-state index is 0.770.